The zero-order valence-electron chi connectivity index (χ0n) is 13.8. The molecule has 1 fully saturated rings. The average molecular weight is 268 g/mol. The summed E-state index contributed by atoms with van der Waals surface area (Å²) in [5.41, 5.74) is 0.649. The van der Waals surface area contributed by atoms with E-state index in [1.165, 1.54) is 83.7 Å². The molecular weight excluding hydrogens is 230 g/mol. The summed E-state index contributed by atoms with van der Waals surface area (Å²) < 4.78 is 0. The number of nitrogens with one attached hydrogen (secondary N) is 1. The molecule has 0 saturated heterocycles. The number of unbranched alkanes of at least 4 members (excludes halogenated alkanes) is 5. The van der Waals surface area contributed by atoms with Gasteiger partial charge >= 0.3 is 0 Å². The summed E-state index contributed by atoms with van der Waals surface area (Å²) in [6.07, 6.45) is 15.7. The van der Waals surface area contributed by atoms with Crippen LogP contribution in [0.25, 0.3) is 0 Å². The van der Waals surface area contributed by atoms with Gasteiger partial charge in [0.25, 0.3) is 0 Å². The van der Waals surface area contributed by atoms with Gasteiger partial charge in [-0.25, -0.2) is 0 Å². The number of hydrogen-bond donors (Lipinski definition) is 1. The van der Waals surface area contributed by atoms with E-state index in [1.54, 1.807) is 0 Å². The van der Waals surface area contributed by atoms with E-state index < -0.39 is 0 Å². The molecule has 1 rings (SSSR count). The molecule has 0 atom stereocenters. The van der Waals surface area contributed by atoms with Gasteiger partial charge in [0.05, 0.1) is 0 Å². The van der Waals surface area contributed by atoms with Crippen LogP contribution in [0.4, 0.5) is 0 Å². The topological polar surface area (TPSA) is 12.0 Å². The summed E-state index contributed by atoms with van der Waals surface area (Å²) in [5.74, 6) is 0.856. The molecule has 1 nitrogen and oxygen atoms in total. The maximum atomic E-state index is 3.76. The third-order valence-electron chi connectivity index (χ3n) is 4.71. The van der Waals surface area contributed by atoms with Crippen molar-refractivity contribution in [3.8, 4) is 0 Å². The summed E-state index contributed by atoms with van der Waals surface area (Å²) in [5, 5.41) is 3.76. The monoisotopic (exact) mass is 267 g/mol. The van der Waals surface area contributed by atoms with Crippen LogP contribution in [-0.2, 0) is 0 Å². The predicted octanol–water partition coefficient (Wildman–Crippen LogP) is 5.54. The third kappa shape index (κ3) is 7.34. The van der Waals surface area contributed by atoms with Crippen molar-refractivity contribution < 1.29 is 0 Å². The average Bonchev–Trinajstić information content (AvgIpc) is 2.80. The van der Waals surface area contributed by atoms with Gasteiger partial charge in [-0.3, -0.25) is 0 Å². The van der Waals surface area contributed by atoms with Crippen molar-refractivity contribution in [2.24, 2.45) is 11.3 Å². The lowest BCUT2D eigenvalue weighted by atomic mass is 9.78. The van der Waals surface area contributed by atoms with E-state index in [0.717, 1.165) is 5.92 Å². The number of hydrogen-bond acceptors (Lipinski definition) is 1. The van der Waals surface area contributed by atoms with Crippen molar-refractivity contribution >= 4 is 0 Å². The van der Waals surface area contributed by atoms with Crippen LogP contribution in [-0.4, -0.2) is 13.1 Å². The van der Waals surface area contributed by atoms with Gasteiger partial charge in [0.1, 0.15) is 0 Å². The second kappa shape index (κ2) is 9.80. The summed E-state index contributed by atoms with van der Waals surface area (Å²) in [4.78, 5) is 0. The zero-order chi connectivity index (χ0) is 14.0. The maximum Gasteiger partial charge on any atom is 0.000790 e. The first-order chi connectivity index (χ1) is 9.18. The molecule has 1 N–H and O–H groups in total. The third-order valence-corrected chi connectivity index (χ3v) is 4.71. The Balaban J connectivity index is 2.05. The van der Waals surface area contributed by atoms with Crippen molar-refractivity contribution in [3.63, 3.8) is 0 Å². The molecule has 1 aliphatic rings. The Bertz CT molecular complexity index is 204. The molecule has 1 aliphatic carbocycles. The summed E-state index contributed by atoms with van der Waals surface area (Å²) in [7, 11) is 0. The van der Waals surface area contributed by atoms with Crippen molar-refractivity contribution in [1.82, 2.24) is 5.32 Å². The highest BCUT2D eigenvalue weighted by atomic mass is 14.9. The Morgan fingerprint density at radius 2 is 1.58 bits per heavy atom. The van der Waals surface area contributed by atoms with Gasteiger partial charge in [-0.05, 0) is 43.6 Å². The van der Waals surface area contributed by atoms with E-state index in [0.29, 0.717) is 5.41 Å². The van der Waals surface area contributed by atoms with Gasteiger partial charge in [0, 0.05) is 6.54 Å². The van der Waals surface area contributed by atoms with Crippen LogP contribution < -0.4 is 5.32 Å². The molecule has 0 heterocycles. The summed E-state index contributed by atoms with van der Waals surface area (Å²) >= 11 is 0. The van der Waals surface area contributed by atoms with Crippen molar-refractivity contribution in [2.45, 2.75) is 91.4 Å². The first-order valence-electron chi connectivity index (χ1n) is 8.89. The van der Waals surface area contributed by atoms with Gasteiger partial charge in [-0.15, -0.1) is 0 Å². The Morgan fingerprint density at radius 1 is 0.947 bits per heavy atom. The minimum absolute atomic E-state index is 0.649. The lowest BCUT2D eigenvalue weighted by molar-refractivity contribution is 0.224. The van der Waals surface area contributed by atoms with Crippen LogP contribution in [0.15, 0.2) is 0 Å². The van der Waals surface area contributed by atoms with Gasteiger partial charge < -0.3 is 5.32 Å². The van der Waals surface area contributed by atoms with Crippen LogP contribution >= 0.6 is 0 Å². The molecule has 0 spiro atoms. The molecular formula is C18H37N. The Kier molecular flexibility index (Phi) is 8.77. The molecule has 0 aromatic heterocycles. The van der Waals surface area contributed by atoms with Gasteiger partial charge in [-0.1, -0.05) is 65.7 Å². The van der Waals surface area contributed by atoms with E-state index in [-0.39, 0.29) is 0 Å². The molecule has 1 heteroatoms. The van der Waals surface area contributed by atoms with Crippen LogP contribution in [0.5, 0.6) is 0 Å². The minimum atomic E-state index is 0.649. The van der Waals surface area contributed by atoms with E-state index >= 15 is 0 Å². The summed E-state index contributed by atoms with van der Waals surface area (Å²) in [6.45, 7) is 9.57. The highest BCUT2D eigenvalue weighted by Gasteiger charge is 2.33. The lowest BCUT2D eigenvalue weighted by Gasteiger charge is -2.31. The second-order valence-electron chi connectivity index (χ2n) is 7.25. The molecule has 0 radical (unpaired) electrons. The van der Waals surface area contributed by atoms with E-state index in [4.69, 9.17) is 0 Å². The van der Waals surface area contributed by atoms with Gasteiger partial charge in [-0.2, -0.15) is 0 Å². The SMILES string of the molecule is CCCCCCCCNCC1(CC(C)C)CCCC1. The first-order valence-corrected chi connectivity index (χ1v) is 8.89. The Labute approximate surface area is 121 Å². The largest absolute Gasteiger partial charge is 0.316 e. The maximum absolute atomic E-state index is 3.76. The molecule has 0 aromatic rings. The fraction of sp³-hybridized carbons (Fsp3) is 1.00. The van der Waals surface area contributed by atoms with E-state index in [2.05, 4.69) is 26.1 Å². The summed E-state index contributed by atoms with van der Waals surface area (Å²) in [6, 6.07) is 0. The molecule has 0 aromatic carbocycles. The Morgan fingerprint density at radius 3 is 2.21 bits per heavy atom. The molecule has 0 aliphatic heterocycles. The van der Waals surface area contributed by atoms with Crippen molar-refractivity contribution in [1.29, 1.82) is 0 Å². The highest BCUT2D eigenvalue weighted by Crippen LogP contribution is 2.42. The smallest absolute Gasteiger partial charge is 0.000790 e. The fourth-order valence-corrected chi connectivity index (χ4v) is 3.83. The standard InChI is InChI=1S/C18H37N/c1-4-5-6-7-8-11-14-19-16-18(15-17(2)3)12-9-10-13-18/h17,19H,4-16H2,1-3H3. The number of rotatable bonds is 11. The lowest BCUT2D eigenvalue weighted by Crippen LogP contribution is -2.33. The van der Waals surface area contributed by atoms with E-state index in [1.807, 2.05) is 0 Å². The predicted molar refractivity (Wildman–Crippen MR) is 86.6 cm³/mol. The molecule has 0 amide bonds. The minimum Gasteiger partial charge on any atom is -0.316 e. The van der Waals surface area contributed by atoms with Crippen LogP contribution in [0.1, 0.15) is 91.4 Å². The van der Waals surface area contributed by atoms with Crippen LogP contribution in [0, 0.1) is 11.3 Å². The second-order valence-corrected chi connectivity index (χ2v) is 7.25. The van der Waals surface area contributed by atoms with E-state index in [9.17, 15) is 0 Å². The molecule has 114 valence electrons. The van der Waals surface area contributed by atoms with Gasteiger partial charge in [0.2, 0.25) is 0 Å². The Hall–Kier alpha value is -0.0400. The zero-order valence-corrected chi connectivity index (χ0v) is 13.8. The fourth-order valence-electron chi connectivity index (χ4n) is 3.83. The normalized spacial score (nSPS) is 18.3. The van der Waals surface area contributed by atoms with Crippen LogP contribution in [0.3, 0.4) is 0 Å². The van der Waals surface area contributed by atoms with Crippen LogP contribution in [0.2, 0.25) is 0 Å². The van der Waals surface area contributed by atoms with Crippen molar-refractivity contribution in [2.75, 3.05) is 13.1 Å². The first kappa shape index (κ1) is 17.0. The highest BCUT2D eigenvalue weighted by molar-refractivity contribution is 4.87. The van der Waals surface area contributed by atoms with Crippen molar-refractivity contribution in [3.05, 3.63) is 0 Å². The molecule has 19 heavy (non-hydrogen) atoms. The van der Waals surface area contributed by atoms with Gasteiger partial charge in [0.15, 0.2) is 0 Å². The molecule has 0 unspecified atom stereocenters. The molecule has 0 bridgehead atoms. The molecule has 1 saturated carbocycles. The quantitative estimate of drug-likeness (QED) is 0.484.